The van der Waals surface area contributed by atoms with Gasteiger partial charge in [0.2, 0.25) is 10.0 Å². The minimum Gasteiger partial charge on any atom is -0.346 e. The van der Waals surface area contributed by atoms with E-state index in [2.05, 4.69) is 5.32 Å². The Bertz CT molecular complexity index is 856. The molecule has 1 atom stereocenters. The van der Waals surface area contributed by atoms with Crippen molar-refractivity contribution in [3.8, 4) is 0 Å². The fourth-order valence-corrected chi connectivity index (χ4v) is 4.83. The summed E-state index contributed by atoms with van der Waals surface area (Å²) in [4.78, 5) is 12.7. The lowest BCUT2D eigenvalue weighted by atomic mass is 10.1. The fourth-order valence-electron chi connectivity index (χ4n) is 3.31. The summed E-state index contributed by atoms with van der Waals surface area (Å²) in [5.74, 6) is -0.218. The Labute approximate surface area is 161 Å². The number of rotatable bonds is 5. The fraction of sp³-hybridized carbons (Fsp3) is 0.381. The molecule has 0 radical (unpaired) electrons. The Balaban J connectivity index is 1.70. The first-order valence-electron chi connectivity index (χ1n) is 9.44. The highest BCUT2D eigenvalue weighted by Crippen LogP contribution is 2.21. The van der Waals surface area contributed by atoms with Crippen LogP contribution in [0, 0.1) is 0 Å². The van der Waals surface area contributed by atoms with E-state index in [0.717, 1.165) is 31.2 Å². The third-order valence-electron chi connectivity index (χ3n) is 4.97. The van der Waals surface area contributed by atoms with Gasteiger partial charge in [-0.05, 0) is 49.6 Å². The van der Waals surface area contributed by atoms with Crippen molar-refractivity contribution in [1.82, 2.24) is 9.62 Å². The minimum atomic E-state index is -3.49. The lowest BCUT2D eigenvalue weighted by molar-refractivity contribution is 0.0940. The van der Waals surface area contributed by atoms with E-state index in [9.17, 15) is 13.2 Å². The Morgan fingerprint density at radius 2 is 1.52 bits per heavy atom. The molecule has 1 aliphatic heterocycles. The summed E-state index contributed by atoms with van der Waals surface area (Å²) in [6.45, 7) is 3.06. The van der Waals surface area contributed by atoms with Crippen molar-refractivity contribution in [3.63, 3.8) is 0 Å². The second-order valence-corrected chi connectivity index (χ2v) is 8.89. The molecule has 2 aromatic carbocycles. The SMILES string of the molecule is C[C@@H](NC(=O)c1ccc(S(=O)(=O)N2CCCCCC2)cc1)c1ccccc1. The molecule has 0 aliphatic carbocycles. The summed E-state index contributed by atoms with van der Waals surface area (Å²) in [6.07, 6.45) is 3.95. The molecule has 0 bridgehead atoms. The lowest BCUT2D eigenvalue weighted by Gasteiger charge is -2.20. The molecule has 1 fully saturated rings. The maximum Gasteiger partial charge on any atom is 0.251 e. The second kappa shape index (κ2) is 8.67. The summed E-state index contributed by atoms with van der Waals surface area (Å²) >= 11 is 0. The van der Waals surface area contributed by atoms with Crippen LogP contribution in [0.3, 0.4) is 0 Å². The summed E-state index contributed by atoms with van der Waals surface area (Å²) in [7, 11) is -3.49. The van der Waals surface area contributed by atoms with E-state index in [4.69, 9.17) is 0 Å². The molecule has 1 saturated heterocycles. The Morgan fingerprint density at radius 3 is 2.11 bits per heavy atom. The van der Waals surface area contributed by atoms with E-state index in [1.165, 1.54) is 12.1 Å². The number of benzene rings is 2. The summed E-state index contributed by atoms with van der Waals surface area (Å²) < 4.78 is 27.2. The molecule has 2 aromatic rings. The number of sulfonamides is 1. The molecule has 1 amide bonds. The summed E-state index contributed by atoms with van der Waals surface area (Å²) in [5.41, 5.74) is 1.47. The van der Waals surface area contributed by atoms with Gasteiger partial charge in [0.1, 0.15) is 0 Å². The predicted octanol–water partition coefficient (Wildman–Crippen LogP) is 3.74. The molecule has 0 aromatic heterocycles. The van der Waals surface area contributed by atoms with Gasteiger partial charge in [-0.3, -0.25) is 4.79 Å². The van der Waals surface area contributed by atoms with E-state index in [1.54, 1.807) is 16.4 Å². The highest BCUT2D eigenvalue weighted by atomic mass is 32.2. The van der Waals surface area contributed by atoms with Gasteiger partial charge >= 0.3 is 0 Å². The van der Waals surface area contributed by atoms with Crippen LogP contribution in [-0.4, -0.2) is 31.7 Å². The van der Waals surface area contributed by atoms with Crippen LogP contribution in [0.5, 0.6) is 0 Å². The van der Waals surface area contributed by atoms with Gasteiger partial charge in [0, 0.05) is 18.7 Å². The largest absolute Gasteiger partial charge is 0.346 e. The molecular formula is C21H26N2O3S. The quantitative estimate of drug-likeness (QED) is 0.851. The third kappa shape index (κ3) is 4.76. The topological polar surface area (TPSA) is 66.5 Å². The maximum atomic E-state index is 12.8. The molecule has 5 nitrogen and oxygen atoms in total. The first-order valence-corrected chi connectivity index (χ1v) is 10.9. The summed E-state index contributed by atoms with van der Waals surface area (Å²) in [6, 6.07) is 15.8. The number of carbonyl (C=O) groups excluding carboxylic acids is 1. The van der Waals surface area contributed by atoms with Crippen molar-refractivity contribution in [3.05, 3.63) is 65.7 Å². The number of hydrogen-bond donors (Lipinski definition) is 1. The minimum absolute atomic E-state index is 0.126. The van der Waals surface area contributed by atoms with Crippen molar-refractivity contribution in [2.45, 2.75) is 43.5 Å². The van der Waals surface area contributed by atoms with Gasteiger partial charge in [0.05, 0.1) is 10.9 Å². The number of carbonyl (C=O) groups is 1. The first-order chi connectivity index (χ1) is 13.0. The van der Waals surface area contributed by atoms with E-state index >= 15 is 0 Å². The molecule has 144 valence electrons. The van der Waals surface area contributed by atoms with Crippen LogP contribution in [-0.2, 0) is 10.0 Å². The molecule has 27 heavy (non-hydrogen) atoms. The number of hydrogen-bond acceptors (Lipinski definition) is 3. The smallest absolute Gasteiger partial charge is 0.251 e. The molecule has 1 aliphatic rings. The van der Waals surface area contributed by atoms with Crippen LogP contribution in [0.15, 0.2) is 59.5 Å². The molecule has 0 spiro atoms. The Hall–Kier alpha value is -2.18. The first kappa shape index (κ1) is 19.6. The molecule has 0 saturated carbocycles. The number of nitrogens with one attached hydrogen (secondary N) is 1. The average Bonchev–Trinajstić information content (AvgIpc) is 2.99. The highest BCUT2D eigenvalue weighted by molar-refractivity contribution is 7.89. The van der Waals surface area contributed by atoms with Gasteiger partial charge in [-0.1, -0.05) is 43.2 Å². The Morgan fingerprint density at radius 1 is 0.926 bits per heavy atom. The Kier molecular flexibility index (Phi) is 6.29. The van der Waals surface area contributed by atoms with Gasteiger partial charge < -0.3 is 5.32 Å². The normalized spacial score (nSPS) is 17.1. The van der Waals surface area contributed by atoms with Gasteiger partial charge in [-0.2, -0.15) is 4.31 Å². The zero-order valence-electron chi connectivity index (χ0n) is 15.6. The zero-order chi connectivity index (χ0) is 19.3. The van der Waals surface area contributed by atoms with Crippen LogP contribution in [0.1, 0.15) is 54.6 Å². The molecule has 1 heterocycles. The average molecular weight is 387 g/mol. The second-order valence-electron chi connectivity index (χ2n) is 6.95. The van der Waals surface area contributed by atoms with Crippen molar-refractivity contribution in [2.75, 3.05) is 13.1 Å². The predicted molar refractivity (Wildman–Crippen MR) is 106 cm³/mol. The standard InChI is InChI=1S/C21H26N2O3S/c1-17(18-9-5-4-6-10-18)22-21(24)19-11-13-20(14-12-19)27(25,26)23-15-7-2-3-8-16-23/h4-6,9-14,17H,2-3,7-8,15-16H2,1H3,(H,22,24)/t17-/m1/s1. The van der Waals surface area contributed by atoms with Gasteiger partial charge in [0.25, 0.3) is 5.91 Å². The van der Waals surface area contributed by atoms with Crippen molar-refractivity contribution < 1.29 is 13.2 Å². The van der Waals surface area contributed by atoms with Crippen molar-refractivity contribution >= 4 is 15.9 Å². The lowest BCUT2D eigenvalue weighted by Crippen LogP contribution is -2.32. The monoisotopic (exact) mass is 386 g/mol. The maximum absolute atomic E-state index is 12.8. The van der Waals surface area contributed by atoms with Crippen molar-refractivity contribution in [2.24, 2.45) is 0 Å². The zero-order valence-corrected chi connectivity index (χ0v) is 16.4. The van der Waals surface area contributed by atoms with Crippen LogP contribution in [0.2, 0.25) is 0 Å². The van der Waals surface area contributed by atoms with Gasteiger partial charge in [-0.15, -0.1) is 0 Å². The molecule has 6 heteroatoms. The number of nitrogens with zero attached hydrogens (tertiary/aromatic N) is 1. The number of amides is 1. The van der Waals surface area contributed by atoms with Gasteiger partial charge in [0.15, 0.2) is 0 Å². The van der Waals surface area contributed by atoms with Gasteiger partial charge in [-0.25, -0.2) is 8.42 Å². The van der Waals surface area contributed by atoms with E-state index in [0.29, 0.717) is 18.7 Å². The third-order valence-corrected chi connectivity index (χ3v) is 6.88. The van der Waals surface area contributed by atoms with Crippen LogP contribution < -0.4 is 5.32 Å². The molecular weight excluding hydrogens is 360 g/mol. The summed E-state index contributed by atoms with van der Waals surface area (Å²) in [5, 5.41) is 2.94. The van der Waals surface area contributed by atoms with Crippen molar-refractivity contribution in [1.29, 1.82) is 0 Å². The van der Waals surface area contributed by atoms with Crippen LogP contribution in [0.4, 0.5) is 0 Å². The molecule has 0 unspecified atom stereocenters. The van der Waals surface area contributed by atoms with Crippen LogP contribution >= 0.6 is 0 Å². The molecule has 1 N–H and O–H groups in total. The highest BCUT2D eigenvalue weighted by Gasteiger charge is 2.25. The van der Waals surface area contributed by atoms with E-state index in [-0.39, 0.29) is 16.8 Å². The van der Waals surface area contributed by atoms with E-state index in [1.807, 2.05) is 37.3 Å². The van der Waals surface area contributed by atoms with Crippen LogP contribution in [0.25, 0.3) is 0 Å². The van der Waals surface area contributed by atoms with E-state index < -0.39 is 10.0 Å². The molecule has 3 rings (SSSR count).